The van der Waals surface area contributed by atoms with Crippen molar-refractivity contribution in [1.82, 2.24) is 5.32 Å². The lowest BCUT2D eigenvalue weighted by Crippen LogP contribution is -2.42. The van der Waals surface area contributed by atoms with E-state index in [0.717, 1.165) is 6.07 Å². The number of alkyl halides is 3. The number of urea groups is 1. The van der Waals surface area contributed by atoms with Gasteiger partial charge in [0.15, 0.2) is 5.60 Å². The molecule has 3 aromatic rings. The van der Waals surface area contributed by atoms with Gasteiger partial charge in [-0.2, -0.15) is 13.2 Å². The van der Waals surface area contributed by atoms with Crippen LogP contribution in [0.25, 0.3) is 0 Å². The molecule has 0 aliphatic rings. The van der Waals surface area contributed by atoms with Crippen LogP contribution in [0.2, 0.25) is 0 Å². The number of thiophene rings is 2. The summed E-state index contributed by atoms with van der Waals surface area (Å²) in [5, 5.41) is 19.4. The molecule has 0 radical (unpaired) electrons. The highest BCUT2D eigenvalue weighted by molar-refractivity contribution is 7.11. The summed E-state index contributed by atoms with van der Waals surface area (Å²) >= 11 is 2.65. The second-order valence-electron chi connectivity index (χ2n) is 5.67. The summed E-state index contributed by atoms with van der Waals surface area (Å²) in [7, 11) is 0. The third-order valence-corrected chi connectivity index (χ3v) is 5.88. The van der Waals surface area contributed by atoms with Gasteiger partial charge in [-0.05, 0) is 35.0 Å². The average Bonchev–Trinajstić information content (AvgIpc) is 3.33. The number of halogens is 3. The predicted molar refractivity (Wildman–Crippen MR) is 100 cm³/mol. The number of amides is 2. The van der Waals surface area contributed by atoms with Crippen LogP contribution in [0.4, 0.5) is 23.7 Å². The molecule has 3 rings (SSSR count). The van der Waals surface area contributed by atoms with Crippen molar-refractivity contribution in [2.45, 2.75) is 11.8 Å². The maximum Gasteiger partial charge on any atom is 0.418 e. The largest absolute Gasteiger partial charge is 0.418 e. The lowest BCUT2D eigenvalue weighted by molar-refractivity contribution is -0.136. The van der Waals surface area contributed by atoms with Crippen molar-refractivity contribution < 1.29 is 23.1 Å². The summed E-state index contributed by atoms with van der Waals surface area (Å²) < 4.78 is 39.1. The molecular weight excluding hydrogens is 397 g/mol. The average molecular weight is 412 g/mol. The van der Waals surface area contributed by atoms with Gasteiger partial charge < -0.3 is 15.7 Å². The molecule has 1 aromatic carbocycles. The van der Waals surface area contributed by atoms with Crippen LogP contribution in [0.1, 0.15) is 15.3 Å². The smallest absolute Gasteiger partial charge is 0.377 e. The number of para-hydroxylation sites is 1. The Balaban J connectivity index is 1.75. The molecule has 3 N–H and O–H groups in total. The van der Waals surface area contributed by atoms with Gasteiger partial charge in [0.2, 0.25) is 0 Å². The molecule has 2 aromatic heterocycles. The topological polar surface area (TPSA) is 61.4 Å². The van der Waals surface area contributed by atoms with E-state index in [1.165, 1.54) is 40.9 Å². The molecule has 0 spiro atoms. The third-order valence-electron chi connectivity index (χ3n) is 3.84. The number of aliphatic hydroxyl groups is 1. The lowest BCUT2D eigenvalue weighted by atomic mass is 10.00. The van der Waals surface area contributed by atoms with Crippen LogP contribution in [-0.4, -0.2) is 17.7 Å². The highest BCUT2D eigenvalue weighted by Crippen LogP contribution is 2.36. The van der Waals surface area contributed by atoms with Crippen LogP contribution in [0.3, 0.4) is 0 Å². The number of rotatable bonds is 5. The van der Waals surface area contributed by atoms with Crippen LogP contribution in [-0.2, 0) is 11.8 Å². The van der Waals surface area contributed by atoms with Crippen LogP contribution in [0.15, 0.2) is 59.3 Å². The van der Waals surface area contributed by atoms with Gasteiger partial charge in [0, 0.05) is 9.75 Å². The van der Waals surface area contributed by atoms with E-state index < -0.39 is 23.4 Å². The zero-order valence-corrected chi connectivity index (χ0v) is 15.4. The first-order valence-corrected chi connectivity index (χ1v) is 9.58. The van der Waals surface area contributed by atoms with Gasteiger partial charge in [0.1, 0.15) is 0 Å². The standard InChI is InChI=1S/C18H15F3N2O2S2/c19-18(20,21)12-5-1-2-6-13(12)23-16(24)22-11-17(25,14-7-3-9-26-14)15-8-4-10-27-15/h1-10,25H,11H2,(H2,22,23,24). The first kappa shape index (κ1) is 19.4. The van der Waals surface area contributed by atoms with Crippen molar-refractivity contribution >= 4 is 34.4 Å². The SMILES string of the molecule is O=C(NCC(O)(c1cccs1)c1cccs1)Nc1ccccc1C(F)(F)F. The fraction of sp³-hybridized carbons (Fsp3) is 0.167. The normalized spacial score (nSPS) is 12.0. The summed E-state index contributed by atoms with van der Waals surface area (Å²) in [5.74, 6) is 0. The van der Waals surface area contributed by atoms with E-state index in [-0.39, 0.29) is 12.2 Å². The van der Waals surface area contributed by atoms with Gasteiger partial charge >= 0.3 is 12.2 Å². The number of carbonyl (C=O) groups is 1. The third kappa shape index (κ3) is 4.32. The van der Waals surface area contributed by atoms with E-state index in [2.05, 4.69) is 10.6 Å². The van der Waals surface area contributed by atoms with Crippen LogP contribution < -0.4 is 10.6 Å². The fourth-order valence-corrected chi connectivity index (χ4v) is 4.28. The lowest BCUT2D eigenvalue weighted by Gasteiger charge is -2.26. The van der Waals surface area contributed by atoms with Gasteiger partial charge in [0.25, 0.3) is 0 Å². The first-order valence-electron chi connectivity index (χ1n) is 7.82. The van der Waals surface area contributed by atoms with Crippen LogP contribution >= 0.6 is 22.7 Å². The molecule has 0 bridgehead atoms. The fourth-order valence-electron chi connectivity index (χ4n) is 2.54. The Labute approximate surface area is 161 Å². The molecular formula is C18H15F3N2O2S2. The number of benzene rings is 1. The Kier molecular flexibility index (Phi) is 5.54. The Bertz CT molecular complexity index is 859. The van der Waals surface area contributed by atoms with Gasteiger partial charge in [0.05, 0.1) is 17.8 Å². The van der Waals surface area contributed by atoms with Crippen molar-refractivity contribution in [3.63, 3.8) is 0 Å². The maximum absolute atomic E-state index is 13.0. The minimum atomic E-state index is -4.58. The molecule has 2 amide bonds. The van der Waals surface area contributed by atoms with Gasteiger partial charge in [-0.1, -0.05) is 24.3 Å². The second kappa shape index (κ2) is 7.71. The van der Waals surface area contributed by atoms with E-state index in [4.69, 9.17) is 0 Å². The van der Waals surface area contributed by atoms with Crippen molar-refractivity contribution in [2.75, 3.05) is 11.9 Å². The summed E-state index contributed by atoms with van der Waals surface area (Å²) in [6, 6.07) is 10.9. The van der Waals surface area contributed by atoms with Crippen molar-refractivity contribution in [1.29, 1.82) is 0 Å². The van der Waals surface area contributed by atoms with E-state index in [0.29, 0.717) is 9.75 Å². The number of hydrogen-bond donors (Lipinski definition) is 3. The highest BCUT2D eigenvalue weighted by Gasteiger charge is 2.35. The van der Waals surface area contributed by atoms with Crippen LogP contribution in [0, 0.1) is 0 Å². The molecule has 0 saturated heterocycles. The molecule has 142 valence electrons. The molecule has 0 aliphatic heterocycles. The van der Waals surface area contributed by atoms with E-state index in [9.17, 15) is 23.1 Å². The van der Waals surface area contributed by atoms with E-state index >= 15 is 0 Å². The predicted octanol–water partition coefficient (Wildman–Crippen LogP) is 4.89. The minimum absolute atomic E-state index is 0.186. The highest BCUT2D eigenvalue weighted by atomic mass is 32.1. The van der Waals surface area contributed by atoms with Gasteiger partial charge in [-0.25, -0.2) is 4.79 Å². The second-order valence-corrected chi connectivity index (χ2v) is 7.56. The Morgan fingerprint density at radius 2 is 1.56 bits per heavy atom. The van der Waals surface area contributed by atoms with Gasteiger partial charge in [-0.3, -0.25) is 0 Å². The molecule has 4 nitrogen and oxygen atoms in total. The first-order chi connectivity index (χ1) is 12.8. The van der Waals surface area contributed by atoms with E-state index in [1.54, 1.807) is 35.0 Å². The Morgan fingerprint density at radius 1 is 0.963 bits per heavy atom. The van der Waals surface area contributed by atoms with Crippen molar-refractivity contribution in [3.8, 4) is 0 Å². The summed E-state index contributed by atoms with van der Waals surface area (Å²) in [6.45, 7) is -0.186. The Hall–Kier alpha value is -2.36. The molecule has 0 saturated carbocycles. The number of anilines is 1. The monoisotopic (exact) mass is 412 g/mol. The molecule has 0 fully saturated rings. The van der Waals surface area contributed by atoms with Crippen molar-refractivity contribution in [2.24, 2.45) is 0 Å². The molecule has 0 unspecified atom stereocenters. The number of hydrogen-bond acceptors (Lipinski definition) is 4. The molecule has 27 heavy (non-hydrogen) atoms. The van der Waals surface area contributed by atoms with Crippen LogP contribution in [0.5, 0.6) is 0 Å². The summed E-state index contributed by atoms with van der Waals surface area (Å²) in [4.78, 5) is 13.4. The summed E-state index contributed by atoms with van der Waals surface area (Å²) in [5.41, 5.74) is -2.74. The molecule has 0 aliphatic carbocycles. The maximum atomic E-state index is 13.0. The zero-order chi connectivity index (χ0) is 19.5. The Morgan fingerprint density at radius 3 is 2.07 bits per heavy atom. The van der Waals surface area contributed by atoms with Crippen molar-refractivity contribution in [3.05, 3.63) is 74.6 Å². The molecule has 2 heterocycles. The quantitative estimate of drug-likeness (QED) is 0.559. The number of nitrogens with one attached hydrogen (secondary N) is 2. The zero-order valence-electron chi connectivity index (χ0n) is 13.8. The minimum Gasteiger partial charge on any atom is -0.377 e. The summed E-state index contributed by atoms with van der Waals surface area (Å²) in [6.07, 6.45) is -4.58. The molecule has 9 heteroatoms. The van der Waals surface area contributed by atoms with E-state index in [1.807, 2.05) is 0 Å². The molecule has 0 atom stereocenters. The number of carbonyl (C=O) groups excluding carboxylic acids is 1. The van der Waals surface area contributed by atoms with Gasteiger partial charge in [-0.15, -0.1) is 22.7 Å².